The Hall–Kier alpha value is -0.610. The Morgan fingerprint density at radius 3 is 2.59 bits per heavy atom. The van der Waals surface area contributed by atoms with Gasteiger partial charge in [-0.05, 0) is 39.4 Å². The number of rotatable bonds is 5. The molecule has 0 aromatic heterocycles. The Bertz CT molecular complexity index is 243. The molecule has 1 aliphatic rings. The van der Waals surface area contributed by atoms with Crippen molar-refractivity contribution in [1.82, 2.24) is 15.1 Å². The number of likely N-dealkylation sites (N-methyl/N-ethyl adjacent to an activating group) is 2. The predicted octanol–water partition coefficient (Wildman–Crippen LogP) is 0.785. The number of amides is 1. The molecule has 4 heteroatoms. The highest BCUT2D eigenvalue weighted by molar-refractivity contribution is 5.81. The monoisotopic (exact) mass is 241 g/mol. The molecular weight excluding hydrogens is 214 g/mol. The van der Waals surface area contributed by atoms with Gasteiger partial charge in [0.15, 0.2) is 0 Å². The molecule has 2 atom stereocenters. The molecule has 1 aliphatic heterocycles. The Morgan fingerprint density at radius 2 is 2.00 bits per heavy atom. The summed E-state index contributed by atoms with van der Waals surface area (Å²) in [4.78, 5) is 16.2. The smallest absolute Gasteiger partial charge is 0.239 e. The first-order valence-corrected chi connectivity index (χ1v) is 6.67. The number of piperidine rings is 1. The zero-order chi connectivity index (χ0) is 12.8. The summed E-state index contributed by atoms with van der Waals surface area (Å²) >= 11 is 0. The van der Waals surface area contributed by atoms with Gasteiger partial charge in [-0.2, -0.15) is 0 Å². The average Bonchev–Trinajstić information content (AvgIpc) is 2.35. The first kappa shape index (κ1) is 14.5. The largest absolute Gasteiger partial charge is 0.343 e. The Kier molecular flexibility index (Phi) is 5.92. The van der Waals surface area contributed by atoms with Crippen LogP contribution in [0.3, 0.4) is 0 Å². The highest BCUT2D eigenvalue weighted by Gasteiger charge is 2.27. The quantitative estimate of drug-likeness (QED) is 0.773. The number of carbonyl (C=O) groups is 1. The second kappa shape index (κ2) is 6.97. The summed E-state index contributed by atoms with van der Waals surface area (Å²) in [6.07, 6.45) is 3.40. The SMILES string of the molecule is CCC1CCNC(C(=O)N(C)CCN(C)C)C1. The van der Waals surface area contributed by atoms with Crippen LogP contribution in [-0.4, -0.2) is 62.5 Å². The molecule has 1 saturated heterocycles. The van der Waals surface area contributed by atoms with E-state index in [1.165, 1.54) is 12.8 Å². The van der Waals surface area contributed by atoms with Crippen LogP contribution in [-0.2, 0) is 4.79 Å². The summed E-state index contributed by atoms with van der Waals surface area (Å²) in [6.45, 7) is 4.93. The summed E-state index contributed by atoms with van der Waals surface area (Å²) < 4.78 is 0. The van der Waals surface area contributed by atoms with Gasteiger partial charge in [-0.15, -0.1) is 0 Å². The Morgan fingerprint density at radius 1 is 1.29 bits per heavy atom. The van der Waals surface area contributed by atoms with E-state index in [0.29, 0.717) is 5.92 Å². The van der Waals surface area contributed by atoms with Crippen molar-refractivity contribution in [2.75, 3.05) is 40.8 Å². The Labute approximate surface area is 105 Å². The molecule has 0 saturated carbocycles. The summed E-state index contributed by atoms with van der Waals surface area (Å²) in [6, 6.07) is 0.0425. The molecule has 1 N–H and O–H groups in total. The van der Waals surface area contributed by atoms with Crippen molar-refractivity contribution < 1.29 is 4.79 Å². The van der Waals surface area contributed by atoms with E-state index in [9.17, 15) is 4.79 Å². The summed E-state index contributed by atoms with van der Waals surface area (Å²) in [5, 5.41) is 3.35. The minimum absolute atomic E-state index is 0.0425. The number of hydrogen-bond donors (Lipinski definition) is 1. The van der Waals surface area contributed by atoms with Crippen molar-refractivity contribution in [3.8, 4) is 0 Å². The average molecular weight is 241 g/mol. The van der Waals surface area contributed by atoms with E-state index >= 15 is 0 Å². The van der Waals surface area contributed by atoms with Gasteiger partial charge in [0.25, 0.3) is 0 Å². The fourth-order valence-electron chi connectivity index (χ4n) is 2.28. The van der Waals surface area contributed by atoms with E-state index in [-0.39, 0.29) is 11.9 Å². The van der Waals surface area contributed by atoms with Gasteiger partial charge in [0.2, 0.25) is 5.91 Å². The predicted molar refractivity (Wildman–Crippen MR) is 71.0 cm³/mol. The van der Waals surface area contributed by atoms with E-state index in [1.54, 1.807) is 0 Å². The van der Waals surface area contributed by atoms with Gasteiger partial charge >= 0.3 is 0 Å². The molecule has 1 amide bonds. The lowest BCUT2D eigenvalue weighted by Crippen LogP contribution is -2.50. The summed E-state index contributed by atoms with van der Waals surface area (Å²) in [5.41, 5.74) is 0. The van der Waals surface area contributed by atoms with Crippen LogP contribution in [0.15, 0.2) is 0 Å². The molecular formula is C13H27N3O. The number of nitrogens with one attached hydrogen (secondary N) is 1. The van der Waals surface area contributed by atoms with Gasteiger partial charge in [0, 0.05) is 20.1 Å². The van der Waals surface area contributed by atoms with Crippen molar-refractivity contribution >= 4 is 5.91 Å². The first-order chi connectivity index (χ1) is 8.04. The molecule has 100 valence electrons. The Balaban J connectivity index is 2.39. The maximum absolute atomic E-state index is 12.2. The van der Waals surface area contributed by atoms with E-state index in [2.05, 4.69) is 17.1 Å². The van der Waals surface area contributed by atoms with Crippen molar-refractivity contribution in [3.63, 3.8) is 0 Å². The highest BCUT2D eigenvalue weighted by atomic mass is 16.2. The van der Waals surface area contributed by atoms with Gasteiger partial charge in [0.1, 0.15) is 0 Å². The van der Waals surface area contributed by atoms with Crippen LogP contribution in [0.25, 0.3) is 0 Å². The van der Waals surface area contributed by atoms with Crippen molar-refractivity contribution in [3.05, 3.63) is 0 Å². The van der Waals surface area contributed by atoms with Crippen LogP contribution < -0.4 is 5.32 Å². The number of carbonyl (C=O) groups excluding carboxylic acids is 1. The van der Waals surface area contributed by atoms with Gasteiger partial charge in [-0.25, -0.2) is 0 Å². The van der Waals surface area contributed by atoms with Crippen LogP contribution in [0.4, 0.5) is 0 Å². The van der Waals surface area contributed by atoms with Crippen molar-refractivity contribution in [2.24, 2.45) is 5.92 Å². The van der Waals surface area contributed by atoms with Gasteiger partial charge < -0.3 is 15.1 Å². The van der Waals surface area contributed by atoms with Gasteiger partial charge in [-0.3, -0.25) is 4.79 Å². The summed E-state index contributed by atoms with van der Waals surface area (Å²) in [5.74, 6) is 0.970. The minimum Gasteiger partial charge on any atom is -0.343 e. The van der Waals surface area contributed by atoms with Crippen LogP contribution in [0, 0.1) is 5.92 Å². The molecule has 0 aromatic carbocycles. The maximum Gasteiger partial charge on any atom is 0.239 e. The third-order valence-corrected chi connectivity index (χ3v) is 3.65. The van der Waals surface area contributed by atoms with Crippen LogP contribution in [0.5, 0.6) is 0 Å². The fourth-order valence-corrected chi connectivity index (χ4v) is 2.28. The first-order valence-electron chi connectivity index (χ1n) is 6.67. The normalized spacial score (nSPS) is 25.0. The molecule has 2 unspecified atom stereocenters. The van der Waals surface area contributed by atoms with Gasteiger partial charge in [-0.1, -0.05) is 13.3 Å². The lowest BCUT2D eigenvalue weighted by Gasteiger charge is -2.32. The third kappa shape index (κ3) is 4.64. The molecule has 1 fully saturated rings. The number of nitrogens with zero attached hydrogens (tertiary/aromatic N) is 2. The summed E-state index contributed by atoms with van der Waals surface area (Å²) in [7, 11) is 5.97. The molecule has 0 aromatic rings. The highest BCUT2D eigenvalue weighted by Crippen LogP contribution is 2.20. The molecule has 0 aliphatic carbocycles. The lowest BCUT2D eigenvalue weighted by molar-refractivity contribution is -0.133. The molecule has 0 spiro atoms. The minimum atomic E-state index is 0.0425. The second-order valence-electron chi connectivity index (χ2n) is 5.37. The van der Waals surface area contributed by atoms with E-state index in [4.69, 9.17) is 0 Å². The van der Waals surface area contributed by atoms with Gasteiger partial charge in [0.05, 0.1) is 6.04 Å². The zero-order valence-electron chi connectivity index (χ0n) is 11.7. The topological polar surface area (TPSA) is 35.6 Å². The van der Waals surface area contributed by atoms with Crippen LogP contribution in [0.2, 0.25) is 0 Å². The van der Waals surface area contributed by atoms with Crippen molar-refractivity contribution in [1.29, 1.82) is 0 Å². The van der Waals surface area contributed by atoms with Crippen LogP contribution in [0.1, 0.15) is 26.2 Å². The molecule has 1 rings (SSSR count). The zero-order valence-corrected chi connectivity index (χ0v) is 11.7. The van der Waals surface area contributed by atoms with E-state index in [0.717, 1.165) is 26.1 Å². The fraction of sp³-hybridized carbons (Fsp3) is 0.923. The molecule has 0 bridgehead atoms. The molecule has 4 nitrogen and oxygen atoms in total. The van der Waals surface area contributed by atoms with E-state index < -0.39 is 0 Å². The maximum atomic E-state index is 12.2. The van der Waals surface area contributed by atoms with E-state index in [1.807, 2.05) is 26.0 Å². The van der Waals surface area contributed by atoms with Crippen molar-refractivity contribution in [2.45, 2.75) is 32.2 Å². The standard InChI is InChI=1S/C13H27N3O/c1-5-11-6-7-14-12(10-11)13(17)16(4)9-8-15(2)3/h11-12,14H,5-10H2,1-4H3. The van der Waals surface area contributed by atoms with Crippen LogP contribution >= 0.6 is 0 Å². The third-order valence-electron chi connectivity index (χ3n) is 3.65. The molecule has 0 radical (unpaired) electrons. The molecule has 17 heavy (non-hydrogen) atoms. The lowest BCUT2D eigenvalue weighted by atomic mass is 9.90. The second-order valence-corrected chi connectivity index (χ2v) is 5.37. The number of hydrogen-bond acceptors (Lipinski definition) is 3. The molecule has 1 heterocycles.